The lowest BCUT2D eigenvalue weighted by Gasteiger charge is -2.32. The fourth-order valence-corrected chi connectivity index (χ4v) is 2.94. The molecule has 2 atom stereocenters. The summed E-state index contributed by atoms with van der Waals surface area (Å²) in [5.41, 5.74) is 7.48. The Morgan fingerprint density at radius 3 is 3.00 bits per heavy atom. The van der Waals surface area contributed by atoms with Gasteiger partial charge in [0.15, 0.2) is 0 Å². The minimum absolute atomic E-state index is 0.0922. The lowest BCUT2D eigenvalue weighted by Crippen LogP contribution is -2.49. The zero-order chi connectivity index (χ0) is 12.3. The Morgan fingerprint density at radius 1 is 1.53 bits per heavy atom. The van der Waals surface area contributed by atoms with Crippen molar-refractivity contribution in [2.75, 3.05) is 26.7 Å². The molecule has 3 nitrogen and oxygen atoms in total. The summed E-state index contributed by atoms with van der Waals surface area (Å²) >= 11 is 3.56. The fraction of sp³-hybridized carbons (Fsp3) is 0.538. The van der Waals surface area contributed by atoms with Gasteiger partial charge in [0.25, 0.3) is 0 Å². The van der Waals surface area contributed by atoms with Crippen LogP contribution < -0.4 is 11.1 Å². The number of halogens is 1. The van der Waals surface area contributed by atoms with Gasteiger partial charge in [-0.1, -0.05) is 34.1 Å². The quantitative estimate of drug-likeness (QED) is 0.893. The monoisotopic (exact) mass is 297 g/mol. The molecule has 0 saturated carbocycles. The van der Waals surface area contributed by atoms with E-state index < -0.39 is 0 Å². The lowest BCUT2D eigenvalue weighted by atomic mass is 9.99. The molecule has 94 valence electrons. The molecule has 0 radical (unpaired) electrons. The first-order valence-electron chi connectivity index (χ1n) is 6.08. The van der Waals surface area contributed by atoms with Crippen LogP contribution in [0.15, 0.2) is 28.7 Å². The van der Waals surface area contributed by atoms with E-state index in [1.54, 1.807) is 0 Å². The van der Waals surface area contributed by atoms with Gasteiger partial charge >= 0.3 is 0 Å². The molecule has 2 rings (SSSR count). The number of benzene rings is 1. The van der Waals surface area contributed by atoms with Crippen LogP contribution in [0.3, 0.4) is 0 Å². The maximum Gasteiger partial charge on any atom is 0.0321 e. The average molecular weight is 298 g/mol. The summed E-state index contributed by atoms with van der Waals surface area (Å²) in [5, 5.41) is 3.53. The maximum atomic E-state index is 6.28. The molecule has 1 aromatic carbocycles. The molecular weight excluding hydrogens is 278 g/mol. The number of likely N-dealkylation sites (N-methyl/N-ethyl adjacent to an activating group) is 1. The van der Waals surface area contributed by atoms with Crippen LogP contribution in [0.1, 0.15) is 18.0 Å². The second-order valence-electron chi connectivity index (χ2n) is 4.78. The first kappa shape index (κ1) is 13.0. The van der Waals surface area contributed by atoms with E-state index in [0.29, 0.717) is 6.04 Å². The van der Waals surface area contributed by atoms with Gasteiger partial charge < -0.3 is 16.0 Å². The molecule has 1 heterocycles. The number of nitrogens with one attached hydrogen (secondary N) is 1. The van der Waals surface area contributed by atoms with Crippen molar-refractivity contribution in [3.05, 3.63) is 34.3 Å². The van der Waals surface area contributed by atoms with Crippen LogP contribution in [-0.2, 0) is 0 Å². The molecular formula is C13H20BrN3. The van der Waals surface area contributed by atoms with Gasteiger partial charge in [0.1, 0.15) is 0 Å². The number of hydrogen-bond donors (Lipinski definition) is 2. The topological polar surface area (TPSA) is 41.3 Å². The fourth-order valence-electron chi connectivity index (χ4n) is 2.36. The summed E-state index contributed by atoms with van der Waals surface area (Å²) < 4.78 is 1.11. The van der Waals surface area contributed by atoms with Crippen molar-refractivity contribution in [3.63, 3.8) is 0 Å². The third-order valence-corrected chi connectivity index (χ3v) is 4.02. The Bertz CT molecular complexity index is 369. The SMILES string of the molecule is CN1CCNC(CC(N)c2ccccc2Br)C1. The molecule has 4 heteroatoms. The van der Waals surface area contributed by atoms with E-state index in [9.17, 15) is 0 Å². The Labute approximate surface area is 111 Å². The van der Waals surface area contributed by atoms with E-state index in [-0.39, 0.29) is 6.04 Å². The van der Waals surface area contributed by atoms with Crippen LogP contribution in [0.4, 0.5) is 0 Å². The van der Waals surface area contributed by atoms with Gasteiger partial charge in [0.05, 0.1) is 0 Å². The van der Waals surface area contributed by atoms with Crippen LogP contribution >= 0.6 is 15.9 Å². The van der Waals surface area contributed by atoms with E-state index in [1.165, 1.54) is 5.56 Å². The van der Waals surface area contributed by atoms with Gasteiger partial charge in [0, 0.05) is 36.2 Å². The van der Waals surface area contributed by atoms with Crippen LogP contribution in [0, 0.1) is 0 Å². The van der Waals surface area contributed by atoms with Crippen molar-refractivity contribution in [2.24, 2.45) is 5.73 Å². The molecule has 17 heavy (non-hydrogen) atoms. The van der Waals surface area contributed by atoms with Crippen molar-refractivity contribution in [1.29, 1.82) is 0 Å². The van der Waals surface area contributed by atoms with Gasteiger partial charge in [0.2, 0.25) is 0 Å². The Kier molecular flexibility index (Phi) is 4.56. The largest absolute Gasteiger partial charge is 0.324 e. The van der Waals surface area contributed by atoms with E-state index in [1.807, 2.05) is 12.1 Å². The van der Waals surface area contributed by atoms with Gasteiger partial charge in [-0.2, -0.15) is 0 Å². The second kappa shape index (κ2) is 5.96. The summed E-state index contributed by atoms with van der Waals surface area (Å²) in [6.07, 6.45) is 0.979. The van der Waals surface area contributed by atoms with Crippen LogP contribution in [0.2, 0.25) is 0 Å². The van der Waals surface area contributed by atoms with Crippen molar-refractivity contribution in [1.82, 2.24) is 10.2 Å². The first-order valence-corrected chi connectivity index (χ1v) is 6.88. The van der Waals surface area contributed by atoms with E-state index in [2.05, 4.69) is 45.3 Å². The zero-order valence-corrected chi connectivity index (χ0v) is 11.8. The molecule has 0 aromatic heterocycles. The highest BCUT2D eigenvalue weighted by Gasteiger charge is 2.20. The standard InChI is InChI=1S/C13H20BrN3/c1-17-7-6-16-10(9-17)8-13(15)11-4-2-3-5-12(11)14/h2-5,10,13,16H,6-9,15H2,1H3. The maximum absolute atomic E-state index is 6.28. The molecule has 1 fully saturated rings. The Balaban J connectivity index is 1.97. The number of piperazine rings is 1. The van der Waals surface area contributed by atoms with Crippen molar-refractivity contribution < 1.29 is 0 Å². The molecule has 0 bridgehead atoms. The van der Waals surface area contributed by atoms with Gasteiger partial charge in [-0.25, -0.2) is 0 Å². The van der Waals surface area contributed by atoms with E-state index in [4.69, 9.17) is 5.73 Å². The molecule has 0 amide bonds. The van der Waals surface area contributed by atoms with E-state index >= 15 is 0 Å². The summed E-state index contributed by atoms with van der Waals surface area (Å²) in [4.78, 5) is 2.36. The Hall–Kier alpha value is -0.420. The molecule has 0 spiro atoms. The van der Waals surface area contributed by atoms with Crippen LogP contribution in [0.25, 0.3) is 0 Å². The molecule has 2 unspecified atom stereocenters. The minimum atomic E-state index is 0.0922. The Morgan fingerprint density at radius 2 is 2.29 bits per heavy atom. The predicted octanol–water partition coefficient (Wildman–Crippen LogP) is 1.74. The number of hydrogen-bond acceptors (Lipinski definition) is 3. The summed E-state index contributed by atoms with van der Waals surface area (Å²) in [7, 11) is 2.16. The molecule has 3 N–H and O–H groups in total. The molecule has 1 aliphatic heterocycles. The lowest BCUT2D eigenvalue weighted by molar-refractivity contribution is 0.225. The van der Waals surface area contributed by atoms with Gasteiger partial charge in [-0.3, -0.25) is 0 Å². The highest BCUT2D eigenvalue weighted by atomic mass is 79.9. The first-order chi connectivity index (χ1) is 8.16. The number of nitrogens with two attached hydrogens (primary N) is 1. The number of nitrogens with zero attached hydrogens (tertiary/aromatic N) is 1. The smallest absolute Gasteiger partial charge is 0.0321 e. The highest BCUT2D eigenvalue weighted by Crippen LogP contribution is 2.24. The molecule has 0 aliphatic carbocycles. The van der Waals surface area contributed by atoms with Crippen LogP contribution in [0.5, 0.6) is 0 Å². The third-order valence-electron chi connectivity index (χ3n) is 3.30. The van der Waals surface area contributed by atoms with Crippen molar-refractivity contribution in [2.45, 2.75) is 18.5 Å². The third kappa shape index (κ3) is 3.52. The normalized spacial score (nSPS) is 23.6. The number of rotatable bonds is 3. The second-order valence-corrected chi connectivity index (χ2v) is 5.63. The molecule has 1 aromatic rings. The van der Waals surface area contributed by atoms with Gasteiger partial charge in [-0.15, -0.1) is 0 Å². The molecule has 1 saturated heterocycles. The molecule has 1 aliphatic rings. The van der Waals surface area contributed by atoms with Gasteiger partial charge in [-0.05, 0) is 25.1 Å². The minimum Gasteiger partial charge on any atom is -0.324 e. The van der Waals surface area contributed by atoms with Crippen molar-refractivity contribution in [3.8, 4) is 0 Å². The highest BCUT2D eigenvalue weighted by molar-refractivity contribution is 9.10. The summed E-state index contributed by atoms with van der Waals surface area (Å²) in [5.74, 6) is 0. The zero-order valence-electron chi connectivity index (χ0n) is 10.2. The summed E-state index contributed by atoms with van der Waals surface area (Å²) in [6, 6.07) is 8.80. The van der Waals surface area contributed by atoms with E-state index in [0.717, 1.165) is 30.5 Å². The van der Waals surface area contributed by atoms with Crippen LogP contribution in [-0.4, -0.2) is 37.6 Å². The van der Waals surface area contributed by atoms with Crippen molar-refractivity contribution >= 4 is 15.9 Å². The average Bonchev–Trinajstić information content (AvgIpc) is 2.29. The summed E-state index contributed by atoms with van der Waals surface area (Å²) in [6.45, 7) is 3.27. The predicted molar refractivity (Wildman–Crippen MR) is 75.0 cm³/mol.